The molecule has 0 saturated carbocycles. The van der Waals surface area contributed by atoms with Crippen LogP contribution in [-0.4, -0.2) is 4.98 Å². The van der Waals surface area contributed by atoms with Gasteiger partial charge < -0.3 is 0 Å². The molecule has 7 heavy (non-hydrogen) atoms. The van der Waals surface area contributed by atoms with Crippen LogP contribution in [0, 0.1) is 41.7 Å². The predicted octanol–water partition coefficient (Wildman–Crippen LogP) is 0.882. The van der Waals surface area contributed by atoms with E-state index < -0.39 is 0 Å². The molecule has 0 saturated heterocycles. The number of nitrogens with zero attached hydrogens (tertiary/aromatic N) is 1. The molecule has 0 aromatic carbocycles. The first-order chi connectivity index (χ1) is 3.00. The van der Waals surface area contributed by atoms with Crippen LogP contribution >= 0.6 is 0 Å². The summed E-state index contributed by atoms with van der Waals surface area (Å²) in [5.41, 5.74) is 0. The third kappa shape index (κ3) is 2.98. The third-order valence-corrected chi connectivity index (χ3v) is 0.514. The summed E-state index contributed by atoms with van der Waals surface area (Å²) in [6.07, 6.45) is 3.39. The zero-order valence-electron chi connectivity index (χ0n) is 3.83. The number of hydrogen-bond acceptors (Lipinski definition) is 1. The molecule has 0 aliphatic heterocycles. The molecule has 1 rings (SSSR count). The van der Waals surface area contributed by atoms with E-state index >= 15 is 0 Å². The van der Waals surface area contributed by atoms with Crippen molar-refractivity contribution in [1.82, 2.24) is 4.98 Å². The van der Waals surface area contributed by atoms with Gasteiger partial charge in [-0.15, -0.1) is 0 Å². The van der Waals surface area contributed by atoms with Gasteiger partial charge in [0.05, 0.1) is 0 Å². The zero-order valence-corrected chi connectivity index (χ0v) is 7.46. The van der Waals surface area contributed by atoms with Crippen LogP contribution in [0.15, 0.2) is 24.5 Å². The molecule has 1 heterocycles. The van der Waals surface area contributed by atoms with Crippen molar-refractivity contribution in [1.29, 1.82) is 0 Å². The second kappa shape index (κ2) is 4.50. The van der Waals surface area contributed by atoms with E-state index in [9.17, 15) is 0 Å². The molecule has 1 aromatic heterocycles. The summed E-state index contributed by atoms with van der Waals surface area (Å²) in [6, 6.07) is 6.36. The first-order valence-corrected chi connectivity index (χ1v) is 1.76. The summed E-state index contributed by atoms with van der Waals surface area (Å²) in [4.78, 5) is 3.75. The van der Waals surface area contributed by atoms with E-state index in [4.69, 9.17) is 0 Å². The van der Waals surface area contributed by atoms with Gasteiger partial charge in [-0.25, -0.2) is 0 Å². The standard InChI is InChI=1S/C5H4N.La/c1-2-4-6-5-3-1;/h2-5H;. The summed E-state index contributed by atoms with van der Waals surface area (Å²) in [7, 11) is 0. The Kier molecular flexibility index (Phi) is 4.72. The molecule has 32 valence electrons. The van der Waals surface area contributed by atoms with E-state index in [0.29, 0.717) is 0 Å². The van der Waals surface area contributed by atoms with Crippen molar-refractivity contribution in [3.05, 3.63) is 30.6 Å². The summed E-state index contributed by atoms with van der Waals surface area (Å²) >= 11 is 0. The third-order valence-electron chi connectivity index (χ3n) is 0.514. The van der Waals surface area contributed by atoms with E-state index in [1.807, 2.05) is 0 Å². The second-order valence-corrected chi connectivity index (χ2v) is 0.947. The van der Waals surface area contributed by atoms with Crippen molar-refractivity contribution in [2.45, 2.75) is 0 Å². The Bertz CT molecular complexity index is 80.0. The molecule has 1 nitrogen and oxygen atoms in total. The van der Waals surface area contributed by atoms with Crippen LogP contribution in [0.3, 0.4) is 0 Å². The first-order valence-electron chi connectivity index (χ1n) is 1.76. The largest absolute Gasteiger partial charge is 0.265 e. The smallest absolute Gasteiger partial charge is 0.0273 e. The molecule has 0 unspecified atom stereocenters. The van der Waals surface area contributed by atoms with Crippen LogP contribution in [0.25, 0.3) is 0 Å². The normalized spacial score (nSPS) is 6.86. The van der Waals surface area contributed by atoms with Crippen molar-refractivity contribution in [3.8, 4) is 0 Å². The Morgan fingerprint density at radius 3 is 1.86 bits per heavy atom. The number of hydrogen-bond donors (Lipinski definition) is 0. The molecule has 0 amide bonds. The summed E-state index contributed by atoms with van der Waals surface area (Å²) in [5, 5.41) is 0. The minimum absolute atomic E-state index is 0. The monoisotopic (exact) mass is 217 g/mol. The van der Waals surface area contributed by atoms with Gasteiger partial charge in [0.25, 0.3) is 0 Å². The number of pyridine rings is 1. The van der Waals surface area contributed by atoms with Crippen LogP contribution in [0.5, 0.6) is 0 Å². The number of aromatic nitrogens is 1. The number of rotatable bonds is 0. The Morgan fingerprint density at radius 1 is 1.14 bits per heavy atom. The van der Waals surface area contributed by atoms with Gasteiger partial charge in [-0.3, -0.25) is 4.98 Å². The summed E-state index contributed by atoms with van der Waals surface area (Å²) in [6.45, 7) is 0. The fourth-order valence-electron chi connectivity index (χ4n) is 0.277. The quantitative estimate of drug-likeness (QED) is 0.628. The maximum absolute atomic E-state index is 3.75. The molecule has 0 atom stereocenters. The molecule has 0 fully saturated rings. The minimum Gasteiger partial charge on any atom is -0.265 e. The molecule has 0 N–H and O–H groups in total. The van der Waals surface area contributed by atoms with Crippen molar-refractivity contribution < 1.29 is 35.6 Å². The fourth-order valence-corrected chi connectivity index (χ4v) is 0.277. The van der Waals surface area contributed by atoms with Crippen molar-refractivity contribution >= 4 is 0 Å². The molecule has 0 bridgehead atoms. The summed E-state index contributed by atoms with van der Waals surface area (Å²) < 4.78 is 0. The zero-order chi connectivity index (χ0) is 4.24. The van der Waals surface area contributed by atoms with E-state index in [1.165, 1.54) is 0 Å². The Labute approximate surface area is 70.8 Å². The van der Waals surface area contributed by atoms with Crippen molar-refractivity contribution in [3.63, 3.8) is 0 Å². The Morgan fingerprint density at radius 2 is 1.71 bits per heavy atom. The summed E-state index contributed by atoms with van der Waals surface area (Å²) in [5.74, 6) is 0. The van der Waals surface area contributed by atoms with Crippen LogP contribution in [0.4, 0.5) is 0 Å². The van der Waals surface area contributed by atoms with Gasteiger partial charge >= 0.3 is 0 Å². The first kappa shape index (κ1) is 7.34. The molecule has 0 aliphatic rings. The molecular formula is C5H4LaN. The van der Waals surface area contributed by atoms with Crippen molar-refractivity contribution in [2.24, 2.45) is 0 Å². The van der Waals surface area contributed by atoms with Gasteiger partial charge in [-0.05, 0) is 18.2 Å². The van der Waals surface area contributed by atoms with Gasteiger partial charge in [0.1, 0.15) is 0 Å². The van der Waals surface area contributed by atoms with Crippen LogP contribution in [0.2, 0.25) is 0 Å². The molecule has 2 radical (unpaired) electrons. The van der Waals surface area contributed by atoms with Crippen LogP contribution in [-0.2, 0) is 0 Å². The SMILES string of the molecule is [La].[c]1ccncc1. The van der Waals surface area contributed by atoms with Crippen molar-refractivity contribution in [2.75, 3.05) is 0 Å². The second-order valence-electron chi connectivity index (χ2n) is 0.947. The van der Waals surface area contributed by atoms with Crippen LogP contribution < -0.4 is 0 Å². The van der Waals surface area contributed by atoms with Gasteiger partial charge in [0.2, 0.25) is 0 Å². The molecule has 0 aliphatic carbocycles. The maximum Gasteiger partial charge on any atom is 0.0273 e. The molecule has 1 aromatic rings. The Balaban J connectivity index is 0.000000360. The molecule has 0 spiro atoms. The average Bonchev–Trinajstić information content (AvgIpc) is 1.72. The molecular weight excluding hydrogens is 213 g/mol. The topological polar surface area (TPSA) is 12.9 Å². The average molecular weight is 217 g/mol. The van der Waals surface area contributed by atoms with E-state index in [0.717, 1.165) is 0 Å². The van der Waals surface area contributed by atoms with E-state index in [-0.39, 0.29) is 35.6 Å². The van der Waals surface area contributed by atoms with Crippen LogP contribution in [0.1, 0.15) is 0 Å². The fraction of sp³-hybridized carbons (Fsp3) is 0. The Hall–Kier alpha value is 0.345. The molecule has 2 heteroatoms. The predicted molar refractivity (Wildman–Crippen MR) is 23.1 cm³/mol. The maximum atomic E-state index is 3.75. The van der Waals surface area contributed by atoms with Gasteiger partial charge in [-0.1, -0.05) is 0 Å². The van der Waals surface area contributed by atoms with E-state index in [1.54, 1.807) is 24.5 Å². The van der Waals surface area contributed by atoms with Gasteiger partial charge in [0, 0.05) is 48.0 Å². The minimum atomic E-state index is 0. The van der Waals surface area contributed by atoms with Gasteiger partial charge in [-0.2, -0.15) is 0 Å². The van der Waals surface area contributed by atoms with Gasteiger partial charge in [0.15, 0.2) is 0 Å². The van der Waals surface area contributed by atoms with E-state index in [2.05, 4.69) is 11.1 Å².